The summed E-state index contributed by atoms with van der Waals surface area (Å²) in [7, 11) is 1.73. The fourth-order valence-electron chi connectivity index (χ4n) is 2.13. The van der Waals surface area contributed by atoms with Gasteiger partial charge in [-0.05, 0) is 36.4 Å². The number of hydrogen-bond donors (Lipinski definition) is 3. The molecule has 0 radical (unpaired) electrons. The van der Waals surface area contributed by atoms with Crippen molar-refractivity contribution in [2.24, 2.45) is 0 Å². The lowest BCUT2D eigenvalue weighted by Crippen LogP contribution is -2.24. The summed E-state index contributed by atoms with van der Waals surface area (Å²) in [6, 6.07) is 6.37. The summed E-state index contributed by atoms with van der Waals surface area (Å²) in [4.78, 5) is 18.2. The van der Waals surface area contributed by atoms with Gasteiger partial charge in [-0.3, -0.25) is 0 Å². The van der Waals surface area contributed by atoms with Crippen molar-refractivity contribution in [3.05, 3.63) is 29.3 Å². The lowest BCUT2D eigenvalue weighted by atomic mass is 9.85. The van der Waals surface area contributed by atoms with E-state index in [1.807, 2.05) is 0 Å². The molecule has 0 saturated heterocycles. The minimum atomic E-state index is -1.82. The number of aliphatic carboxylic acids is 2. The number of nitrogens with one attached hydrogen (secondary N) is 1. The van der Waals surface area contributed by atoms with E-state index in [2.05, 4.69) is 51.2 Å². The first-order valence-corrected chi connectivity index (χ1v) is 8.50. The highest BCUT2D eigenvalue weighted by atomic mass is 16.5. The van der Waals surface area contributed by atoms with E-state index in [0.29, 0.717) is 6.61 Å². The Morgan fingerprint density at radius 2 is 1.69 bits per heavy atom. The average molecular weight is 369 g/mol. The zero-order chi connectivity index (χ0) is 20.2. The molecule has 0 bridgehead atoms. The van der Waals surface area contributed by atoms with E-state index in [4.69, 9.17) is 29.3 Å². The molecule has 0 fully saturated rings. The van der Waals surface area contributed by atoms with E-state index in [1.165, 1.54) is 11.1 Å². The van der Waals surface area contributed by atoms with E-state index in [0.717, 1.165) is 31.9 Å². The lowest BCUT2D eigenvalue weighted by Gasteiger charge is -2.24. The largest absolute Gasteiger partial charge is 0.492 e. The van der Waals surface area contributed by atoms with Crippen LogP contribution in [0.5, 0.6) is 5.75 Å². The van der Waals surface area contributed by atoms with Crippen LogP contribution in [-0.2, 0) is 19.7 Å². The highest BCUT2D eigenvalue weighted by Gasteiger charge is 2.19. The number of aryl methyl sites for hydroxylation is 1. The topological polar surface area (TPSA) is 105 Å². The molecule has 7 heteroatoms. The van der Waals surface area contributed by atoms with Gasteiger partial charge in [0.25, 0.3) is 0 Å². The van der Waals surface area contributed by atoms with Crippen LogP contribution in [0, 0.1) is 6.92 Å². The van der Waals surface area contributed by atoms with Gasteiger partial charge in [-0.25, -0.2) is 9.59 Å². The van der Waals surface area contributed by atoms with Crippen molar-refractivity contribution in [2.45, 2.75) is 39.5 Å². The highest BCUT2D eigenvalue weighted by Crippen LogP contribution is 2.33. The van der Waals surface area contributed by atoms with Crippen LogP contribution in [0.2, 0.25) is 0 Å². The van der Waals surface area contributed by atoms with E-state index in [1.54, 1.807) is 7.11 Å². The molecular formula is C19H31NO6. The van der Waals surface area contributed by atoms with Crippen molar-refractivity contribution in [3.63, 3.8) is 0 Å². The summed E-state index contributed by atoms with van der Waals surface area (Å²) in [5.41, 5.74) is 2.58. The number of hydrogen-bond acceptors (Lipinski definition) is 5. The molecule has 0 aliphatic rings. The fourth-order valence-corrected chi connectivity index (χ4v) is 2.13. The maximum atomic E-state index is 9.10. The van der Waals surface area contributed by atoms with Gasteiger partial charge in [0.15, 0.2) is 0 Å². The van der Waals surface area contributed by atoms with Gasteiger partial charge >= 0.3 is 11.9 Å². The van der Waals surface area contributed by atoms with Crippen LogP contribution in [0.1, 0.15) is 38.3 Å². The predicted octanol–water partition coefficient (Wildman–Crippen LogP) is 2.45. The number of carboxylic acid groups (broad SMARTS) is 2. The molecule has 1 aromatic rings. The highest BCUT2D eigenvalue weighted by molar-refractivity contribution is 6.27. The third kappa shape index (κ3) is 10.0. The van der Waals surface area contributed by atoms with E-state index in [9.17, 15) is 0 Å². The molecule has 0 saturated carbocycles. The minimum Gasteiger partial charge on any atom is -0.492 e. The van der Waals surface area contributed by atoms with Gasteiger partial charge in [-0.2, -0.15) is 0 Å². The van der Waals surface area contributed by atoms with Gasteiger partial charge in [-0.15, -0.1) is 0 Å². The fraction of sp³-hybridized carbons (Fsp3) is 0.579. The Bertz CT molecular complexity index is 554. The van der Waals surface area contributed by atoms with Crippen molar-refractivity contribution in [1.29, 1.82) is 0 Å². The molecule has 0 amide bonds. The molecular weight excluding hydrogens is 338 g/mol. The summed E-state index contributed by atoms with van der Waals surface area (Å²) >= 11 is 0. The average Bonchev–Trinajstić information content (AvgIpc) is 2.54. The van der Waals surface area contributed by atoms with Crippen LogP contribution < -0.4 is 10.1 Å². The molecule has 0 atom stereocenters. The molecule has 3 N–H and O–H groups in total. The third-order valence-corrected chi connectivity index (χ3v) is 3.43. The van der Waals surface area contributed by atoms with Gasteiger partial charge in [0, 0.05) is 20.3 Å². The van der Waals surface area contributed by atoms with E-state index in [-0.39, 0.29) is 5.41 Å². The summed E-state index contributed by atoms with van der Waals surface area (Å²) in [6.07, 6.45) is 1.04. The van der Waals surface area contributed by atoms with Crippen LogP contribution in [0.25, 0.3) is 0 Å². The molecule has 0 aromatic heterocycles. The molecule has 26 heavy (non-hydrogen) atoms. The Kier molecular flexibility index (Phi) is 11.3. The zero-order valence-corrected chi connectivity index (χ0v) is 16.3. The quantitative estimate of drug-likeness (QED) is 0.477. The molecule has 0 aliphatic heterocycles. The molecule has 0 unspecified atom stereocenters. The summed E-state index contributed by atoms with van der Waals surface area (Å²) in [6.45, 7) is 12.1. The molecule has 1 rings (SSSR count). The Morgan fingerprint density at radius 3 is 2.19 bits per heavy atom. The Balaban J connectivity index is 0.000000896. The maximum absolute atomic E-state index is 9.10. The number of ether oxygens (including phenoxy) is 2. The summed E-state index contributed by atoms with van der Waals surface area (Å²) < 4.78 is 11.0. The Morgan fingerprint density at radius 1 is 1.08 bits per heavy atom. The maximum Gasteiger partial charge on any atom is 0.414 e. The van der Waals surface area contributed by atoms with Crippen LogP contribution in [0.15, 0.2) is 18.2 Å². The number of rotatable bonds is 8. The molecule has 0 heterocycles. The molecule has 7 nitrogen and oxygen atoms in total. The molecule has 0 spiro atoms. The Labute approximate surface area is 155 Å². The predicted molar refractivity (Wildman–Crippen MR) is 100 cm³/mol. The number of benzene rings is 1. The second kappa shape index (κ2) is 12.3. The normalized spacial score (nSPS) is 10.7. The van der Waals surface area contributed by atoms with Gasteiger partial charge in [-0.1, -0.05) is 39.0 Å². The second-order valence-electron chi connectivity index (χ2n) is 6.76. The second-order valence-corrected chi connectivity index (χ2v) is 6.76. The summed E-state index contributed by atoms with van der Waals surface area (Å²) in [5.74, 6) is -2.61. The van der Waals surface area contributed by atoms with Gasteiger partial charge in [0.2, 0.25) is 0 Å². The lowest BCUT2D eigenvalue weighted by molar-refractivity contribution is -0.159. The van der Waals surface area contributed by atoms with Crippen LogP contribution in [0.3, 0.4) is 0 Å². The number of carbonyl (C=O) groups is 2. The first kappa shape index (κ1) is 23.9. The molecule has 1 aromatic carbocycles. The zero-order valence-electron chi connectivity index (χ0n) is 16.3. The minimum absolute atomic E-state index is 0.104. The van der Waals surface area contributed by atoms with E-state index < -0.39 is 11.9 Å². The first-order chi connectivity index (χ1) is 12.1. The summed E-state index contributed by atoms with van der Waals surface area (Å²) in [5, 5.41) is 18.1. The van der Waals surface area contributed by atoms with E-state index >= 15 is 0 Å². The van der Waals surface area contributed by atoms with Crippen molar-refractivity contribution >= 4 is 11.9 Å². The van der Waals surface area contributed by atoms with Crippen LogP contribution in [-0.4, -0.2) is 55.6 Å². The third-order valence-electron chi connectivity index (χ3n) is 3.43. The first-order valence-electron chi connectivity index (χ1n) is 8.50. The van der Waals surface area contributed by atoms with Crippen LogP contribution >= 0.6 is 0 Å². The van der Waals surface area contributed by atoms with Crippen molar-refractivity contribution in [1.82, 2.24) is 5.32 Å². The Hall–Kier alpha value is -2.12. The number of methoxy groups -OCH3 is 1. The molecule has 0 aliphatic carbocycles. The molecule has 148 valence electrons. The van der Waals surface area contributed by atoms with Crippen LogP contribution in [0.4, 0.5) is 0 Å². The number of para-hydroxylation sites is 1. The monoisotopic (exact) mass is 369 g/mol. The van der Waals surface area contributed by atoms with Crippen molar-refractivity contribution < 1.29 is 29.3 Å². The SMILES string of the molecule is COCCCNCCOc1c(C)cccc1C(C)(C)C.O=C(O)C(=O)O. The van der Waals surface area contributed by atoms with Gasteiger partial charge in [0.1, 0.15) is 12.4 Å². The van der Waals surface area contributed by atoms with Gasteiger partial charge < -0.3 is 25.0 Å². The van der Waals surface area contributed by atoms with Gasteiger partial charge in [0.05, 0.1) is 0 Å². The van der Waals surface area contributed by atoms with Crippen molar-refractivity contribution in [2.75, 3.05) is 33.4 Å². The van der Waals surface area contributed by atoms with Crippen molar-refractivity contribution in [3.8, 4) is 5.75 Å². The smallest absolute Gasteiger partial charge is 0.414 e. The number of carboxylic acids is 2. The standard InChI is InChI=1S/C17H29NO2.C2H2O4/c1-14-8-6-9-15(17(2,3)4)16(14)20-13-11-18-10-7-12-19-5;3-1(4)2(5)6/h6,8-9,18H,7,10-13H2,1-5H3;(H,3,4)(H,5,6).